The molecular weight excluding hydrogens is 256 g/mol. The van der Waals surface area contributed by atoms with Crippen LogP contribution in [-0.4, -0.2) is 12.7 Å². The molecule has 0 saturated heterocycles. The fraction of sp³-hybridized carbons (Fsp3) is 0.133. The van der Waals surface area contributed by atoms with Crippen molar-refractivity contribution in [3.05, 3.63) is 59.7 Å². The van der Waals surface area contributed by atoms with Crippen LogP contribution in [0.4, 0.5) is 5.69 Å². The third-order valence-corrected chi connectivity index (χ3v) is 2.68. The lowest BCUT2D eigenvalue weighted by molar-refractivity contribution is 0.00471. The molecule has 0 aliphatic carbocycles. The van der Waals surface area contributed by atoms with Crippen molar-refractivity contribution >= 4 is 11.6 Å². The van der Waals surface area contributed by atoms with Gasteiger partial charge in [-0.2, -0.15) is 0 Å². The van der Waals surface area contributed by atoms with E-state index in [1.807, 2.05) is 30.3 Å². The monoisotopic (exact) mass is 272 g/mol. The van der Waals surface area contributed by atoms with Gasteiger partial charge in [0.15, 0.2) is 6.79 Å². The topological polar surface area (TPSA) is 87.6 Å². The van der Waals surface area contributed by atoms with Crippen LogP contribution in [0.15, 0.2) is 48.5 Å². The molecule has 5 heteroatoms. The predicted octanol–water partition coefficient (Wildman–Crippen LogP) is 1.92. The molecule has 0 unspecified atom stereocenters. The van der Waals surface area contributed by atoms with Gasteiger partial charge in [-0.1, -0.05) is 30.3 Å². The predicted molar refractivity (Wildman–Crippen MR) is 76.1 cm³/mol. The van der Waals surface area contributed by atoms with Crippen molar-refractivity contribution in [3.63, 3.8) is 0 Å². The van der Waals surface area contributed by atoms with Crippen LogP contribution in [-0.2, 0) is 11.3 Å². The van der Waals surface area contributed by atoms with Gasteiger partial charge in [-0.25, -0.2) is 0 Å². The van der Waals surface area contributed by atoms with Gasteiger partial charge in [-0.15, -0.1) is 0 Å². The Labute approximate surface area is 117 Å². The van der Waals surface area contributed by atoms with E-state index in [-0.39, 0.29) is 12.4 Å². The molecule has 2 aromatic rings. The van der Waals surface area contributed by atoms with E-state index in [2.05, 4.69) is 0 Å². The average molecular weight is 272 g/mol. The van der Waals surface area contributed by atoms with E-state index in [1.165, 1.54) is 6.07 Å². The second-order valence-electron chi connectivity index (χ2n) is 4.22. The average Bonchev–Trinajstić information content (AvgIpc) is 2.44. The van der Waals surface area contributed by atoms with Crippen LogP contribution < -0.4 is 16.2 Å². The number of hydrogen-bond acceptors (Lipinski definition) is 4. The van der Waals surface area contributed by atoms with Gasteiger partial charge in [-0.05, 0) is 17.7 Å². The Kier molecular flexibility index (Phi) is 4.57. The minimum Gasteiger partial charge on any atom is -0.467 e. The highest BCUT2D eigenvalue weighted by Crippen LogP contribution is 2.21. The SMILES string of the molecule is NC(=O)c1ccc(N)cc1OCOCc1ccccc1. The van der Waals surface area contributed by atoms with Gasteiger partial charge in [0.05, 0.1) is 12.2 Å². The number of hydrogen-bond donors (Lipinski definition) is 2. The van der Waals surface area contributed by atoms with Crippen LogP contribution in [0.1, 0.15) is 15.9 Å². The molecule has 4 N–H and O–H groups in total. The van der Waals surface area contributed by atoms with Crippen LogP contribution in [0.3, 0.4) is 0 Å². The van der Waals surface area contributed by atoms with E-state index in [4.69, 9.17) is 20.9 Å². The van der Waals surface area contributed by atoms with E-state index in [0.29, 0.717) is 18.0 Å². The Bertz CT molecular complexity index is 585. The molecule has 0 saturated carbocycles. The Morgan fingerprint density at radius 2 is 1.85 bits per heavy atom. The number of carbonyl (C=O) groups is 1. The molecule has 0 aromatic heterocycles. The first kappa shape index (κ1) is 13.9. The van der Waals surface area contributed by atoms with E-state index < -0.39 is 5.91 Å². The Hall–Kier alpha value is -2.53. The smallest absolute Gasteiger partial charge is 0.252 e. The van der Waals surface area contributed by atoms with Crippen LogP contribution in [0.5, 0.6) is 5.75 Å². The molecule has 0 aliphatic rings. The summed E-state index contributed by atoms with van der Waals surface area (Å²) < 4.78 is 10.8. The summed E-state index contributed by atoms with van der Waals surface area (Å²) in [4.78, 5) is 11.2. The number of amides is 1. The first-order chi connectivity index (χ1) is 9.66. The molecule has 5 nitrogen and oxygen atoms in total. The number of nitrogen functional groups attached to an aromatic ring is 1. The lowest BCUT2D eigenvalue weighted by atomic mass is 10.2. The highest BCUT2D eigenvalue weighted by molar-refractivity contribution is 5.96. The van der Waals surface area contributed by atoms with Crippen molar-refractivity contribution in [1.82, 2.24) is 0 Å². The molecule has 0 aliphatic heterocycles. The molecule has 2 rings (SSSR count). The molecule has 0 radical (unpaired) electrons. The maximum atomic E-state index is 11.2. The van der Waals surface area contributed by atoms with Crippen molar-refractivity contribution in [3.8, 4) is 5.75 Å². The van der Waals surface area contributed by atoms with Gasteiger partial charge < -0.3 is 20.9 Å². The van der Waals surface area contributed by atoms with Gasteiger partial charge in [-0.3, -0.25) is 4.79 Å². The van der Waals surface area contributed by atoms with Crippen molar-refractivity contribution in [1.29, 1.82) is 0 Å². The largest absolute Gasteiger partial charge is 0.467 e. The number of rotatable bonds is 6. The van der Waals surface area contributed by atoms with Gasteiger partial charge in [0.2, 0.25) is 0 Å². The highest BCUT2D eigenvalue weighted by Gasteiger charge is 2.09. The molecule has 0 fully saturated rings. The summed E-state index contributed by atoms with van der Waals surface area (Å²) in [6.07, 6.45) is 0. The zero-order valence-electron chi connectivity index (χ0n) is 10.9. The summed E-state index contributed by atoms with van der Waals surface area (Å²) in [6, 6.07) is 14.4. The summed E-state index contributed by atoms with van der Waals surface area (Å²) in [6.45, 7) is 0.438. The fourth-order valence-electron chi connectivity index (χ4n) is 1.70. The first-order valence-corrected chi connectivity index (χ1v) is 6.10. The number of benzene rings is 2. The van der Waals surface area contributed by atoms with Gasteiger partial charge in [0.1, 0.15) is 5.75 Å². The summed E-state index contributed by atoms with van der Waals surface area (Å²) in [5.41, 5.74) is 12.7. The maximum Gasteiger partial charge on any atom is 0.252 e. The highest BCUT2D eigenvalue weighted by atomic mass is 16.7. The molecule has 1 amide bonds. The van der Waals surface area contributed by atoms with Crippen LogP contribution in [0.2, 0.25) is 0 Å². The molecule has 2 aromatic carbocycles. The minimum absolute atomic E-state index is 0.0125. The Balaban J connectivity index is 1.91. The number of ether oxygens (including phenoxy) is 2. The minimum atomic E-state index is -0.567. The van der Waals surface area contributed by atoms with Crippen molar-refractivity contribution in [2.45, 2.75) is 6.61 Å². The number of nitrogens with two attached hydrogens (primary N) is 2. The molecule has 0 spiro atoms. The third-order valence-electron chi connectivity index (χ3n) is 2.68. The second-order valence-corrected chi connectivity index (χ2v) is 4.22. The first-order valence-electron chi connectivity index (χ1n) is 6.10. The van der Waals surface area contributed by atoms with Crippen molar-refractivity contribution in [2.24, 2.45) is 5.73 Å². The van der Waals surface area contributed by atoms with E-state index in [1.54, 1.807) is 12.1 Å². The lowest BCUT2D eigenvalue weighted by Gasteiger charge is -2.10. The normalized spacial score (nSPS) is 10.2. The lowest BCUT2D eigenvalue weighted by Crippen LogP contribution is -2.14. The van der Waals surface area contributed by atoms with Gasteiger partial charge in [0, 0.05) is 11.8 Å². The fourth-order valence-corrected chi connectivity index (χ4v) is 1.70. The number of primary amides is 1. The standard InChI is InChI=1S/C15H16N2O3/c16-12-6-7-13(15(17)18)14(8-12)20-10-19-9-11-4-2-1-3-5-11/h1-8H,9-10,16H2,(H2,17,18). The summed E-state index contributed by atoms with van der Waals surface area (Å²) >= 11 is 0. The zero-order chi connectivity index (χ0) is 14.4. The van der Waals surface area contributed by atoms with Crippen LogP contribution >= 0.6 is 0 Å². The molecule has 0 bridgehead atoms. The molecule has 0 atom stereocenters. The molecular formula is C15H16N2O3. The molecule has 104 valence electrons. The summed E-state index contributed by atoms with van der Waals surface area (Å²) in [5.74, 6) is -0.242. The Morgan fingerprint density at radius 1 is 1.10 bits per heavy atom. The van der Waals surface area contributed by atoms with Crippen molar-refractivity contribution < 1.29 is 14.3 Å². The van der Waals surface area contributed by atoms with Gasteiger partial charge in [0.25, 0.3) is 5.91 Å². The summed E-state index contributed by atoms with van der Waals surface area (Å²) in [5, 5.41) is 0. The van der Waals surface area contributed by atoms with Gasteiger partial charge >= 0.3 is 0 Å². The second kappa shape index (κ2) is 6.58. The quantitative estimate of drug-likeness (QED) is 0.478. The maximum absolute atomic E-state index is 11.2. The Morgan fingerprint density at radius 3 is 2.55 bits per heavy atom. The summed E-state index contributed by atoms with van der Waals surface area (Å²) in [7, 11) is 0. The molecule has 0 heterocycles. The van der Waals surface area contributed by atoms with E-state index >= 15 is 0 Å². The van der Waals surface area contributed by atoms with Crippen LogP contribution in [0, 0.1) is 0 Å². The van der Waals surface area contributed by atoms with Crippen molar-refractivity contribution in [2.75, 3.05) is 12.5 Å². The zero-order valence-corrected chi connectivity index (χ0v) is 10.9. The third kappa shape index (κ3) is 3.73. The molecule has 20 heavy (non-hydrogen) atoms. The van der Waals surface area contributed by atoms with E-state index in [9.17, 15) is 4.79 Å². The number of carbonyl (C=O) groups excluding carboxylic acids is 1. The van der Waals surface area contributed by atoms with Crippen LogP contribution in [0.25, 0.3) is 0 Å². The number of anilines is 1. The van der Waals surface area contributed by atoms with E-state index in [0.717, 1.165) is 5.56 Å².